The number of aromatic nitrogens is 3. The minimum Gasteiger partial charge on any atom is -0.370 e. The van der Waals surface area contributed by atoms with Crippen LogP contribution < -0.4 is 11.3 Å². The highest BCUT2D eigenvalue weighted by Gasteiger charge is 2.06. The zero-order chi connectivity index (χ0) is 11.3. The lowest BCUT2D eigenvalue weighted by molar-refractivity contribution is -0.118. The summed E-state index contributed by atoms with van der Waals surface area (Å²) in [6.45, 7) is 1.95. The Morgan fingerprint density at radius 1 is 1.53 bits per heavy atom. The number of hydrogen-bond donors (Lipinski definition) is 2. The molecule has 0 unspecified atom stereocenters. The van der Waals surface area contributed by atoms with Gasteiger partial charge in [0.2, 0.25) is 5.91 Å². The molecular formula is C8H12N4O2S. The van der Waals surface area contributed by atoms with Gasteiger partial charge < -0.3 is 5.73 Å². The molecule has 15 heavy (non-hydrogen) atoms. The molecule has 1 amide bonds. The summed E-state index contributed by atoms with van der Waals surface area (Å²) in [6, 6.07) is 0. The molecule has 0 fully saturated rings. The fraction of sp³-hybridized carbons (Fsp3) is 0.500. The molecule has 1 aromatic heterocycles. The first-order chi connectivity index (χ1) is 7.13. The maximum absolute atomic E-state index is 11.4. The van der Waals surface area contributed by atoms with Crippen LogP contribution in [0.5, 0.6) is 0 Å². The maximum Gasteiger partial charge on any atom is 0.273 e. The maximum atomic E-state index is 11.4. The predicted octanol–water partition coefficient (Wildman–Crippen LogP) is -0.305. The van der Waals surface area contributed by atoms with Gasteiger partial charge >= 0.3 is 0 Å². The van der Waals surface area contributed by atoms with Gasteiger partial charge in [-0.1, -0.05) is 18.7 Å². The number of thioether (sulfide) groups is 1. The number of aryl methyl sites for hydroxylation is 1. The second kappa shape index (κ2) is 5.50. The van der Waals surface area contributed by atoms with Crippen molar-refractivity contribution < 1.29 is 4.79 Å². The van der Waals surface area contributed by atoms with E-state index in [1.807, 2.05) is 6.92 Å². The highest BCUT2D eigenvalue weighted by atomic mass is 32.2. The molecule has 0 spiro atoms. The number of carbonyl (C=O) groups is 1. The second-order valence-corrected chi connectivity index (χ2v) is 4.06. The number of rotatable bonds is 5. The van der Waals surface area contributed by atoms with E-state index in [4.69, 9.17) is 5.73 Å². The molecule has 3 N–H and O–H groups in total. The molecule has 0 saturated carbocycles. The van der Waals surface area contributed by atoms with Crippen molar-refractivity contribution >= 4 is 17.7 Å². The van der Waals surface area contributed by atoms with Crippen molar-refractivity contribution in [1.82, 2.24) is 15.2 Å². The van der Waals surface area contributed by atoms with Gasteiger partial charge in [0.15, 0.2) is 5.16 Å². The van der Waals surface area contributed by atoms with Crippen molar-refractivity contribution in [2.24, 2.45) is 5.73 Å². The molecule has 0 saturated heterocycles. The predicted molar refractivity (Wildman–Crippen MR) is 56.6 cm³/mol. The first-order valence-corrected chi connectivity index (χ1v) is 5.49. The standard InChI is InChI=1S/C8H12N4O2S/c1-2-15-8-10-7(14)5(11-12-8)3-4-6(9)13/h2-4H2,1H3,(H2,9,13)(H,10,12,14). The number of primary amides is 1. The Hall–Kier alpha value is -1.37. The molecule has 1 heterocycles. The fourth-order valence-electron chi connectivity index (χ4n) is 0.952. The largest absolute Gasteiger partial charge is 0.370 e. The number of nitrogens with one attached hydrogen (secondary N) is 1. The van der Waals surface area contributed by atoms with Gasteiger partial charge in [0.05, 0.1) is 0 Å². The summed E-state index contributed by atoms with van der Waals surface area (Å²) in [4.78, 5) is 24.5. The summed E-state index contributed by atoms with van der Waals surface area (Å²) in [7, 11) is 0. The number of H-pyrrole nitrogens is 1. The van der Waals surface area contributed by atoms with Crippen molar-refractivity contribution in [2.45, 2.75) is 24.9 Å². The van der Waals surface area contributed by atoms with Crippen LogP contribution >= 0.6 is 11.8 Å². The Morgan fingerprint density at radius 3 is 2.80 bits per heavy atom. The Kier molecular flexibility index (Phi) is 4.29. The minimum atomic E-state index is -0.455. The summed E-state index contributed by atoms with van der Waals surface area (Å²) in [5, 5.41) is 8.05. The van der Waals surface area contributed by atoms with Crippen molar-refractivity contribution in [3.8, 4) is 0 Å². The van der Waals surface area contributed by atoms with Gasteiger partial charge in [0, 0.05) is 12.8 Å². The van der Waals surface area contributed by atoms with Crippen LogP contribution in [0, 0.1) is 0 Å². The molecular weight excluding hydrogens is 216 g/mol. The molecule has 0 aliphatic carbocycles. The molecule has 7 heteroatoms. The van der Waals surface area contributed by atoms with E-state index in [1.165, 1.54) is 11.8 Å². The first kappa shape index (κ1) is 11.7. The van der Waals surface area contributed by atoms with E-state index in [1.54, 1.807) is 0 Å². The van der Waals surface area contributed by atoms with Crippen molar-refractivity contribution in [3.05, 3.63) is 16.0 Å². The average molecular weight is 228 g/mol. The lowest BCUT2D eigenvalue weighted by atomic mass is 10.2. The number of amides is 1. The summed E-state index contributed by atoms with van der Waals surface area (Å²) in [6.07, 6.45) is 0.340. The number of carbonyl (C=O) groups excluding carboxylic acids is 1. The molecule has 82 valence electrons. The van der Waals surface area contributed by atoms with E-state index >= 15 is 0 Å². The Morgan fingerprint density at radius 2 is 2.27 bits per heavy atom. The highest BCUT2D eigenvalue weighted by molar-refractivity contribution is 7.99. The Balaban J connectivity index is 2.75. The van der Waals surface area contributed by atoms with E-state index in [0.29, 0.717) is 5.16 Å². The summed E-state index contributed by atoms with van der Waals surface area (Å²) >= 11 is 1.40. The first-order valence-electron chi connectivity index (χ1n) is 4.50. The van der Waals surface area contributed by atoms with Crippen LogP contribution in [0.3, 0.4) is 0 Å². The van der Waals surface area contributed by atoms with Gasteiger partial charge in [-0.3, -0.25) is 14.6 Å². The molecule has 0 aliphatic rings. The third-order valence-electron chi connectivity index (χ3n) is 1.63. The van der Waals surface area contributed by atoms with Crippen LogP contribution in [0.25, 0.3) is 0 Å². The van der Waals surface area contributed by atoms with E-state index in [0.717, 1.165) is 5.75 Å². The van der Waals surface area contributed by atoms with Gasteiger partial charge in [0.1, 0.15) is 5.69 Å². The van der Waals surface area contributed by atoms with Crippen LogP contribution in [-0.2, 0) is 11.2 Å². The quantitative estimate of drug-likeness (QED) is 0.673. The molecule has 1 rings (SSSR count). The van der Waals surface area contributed by atoms with E-state index in [-0.39, 0.29) is 24.1 Å². The van der Waals surface area contributed by atoms with Gasteiger partial charge in [-0.15, -0.1) is 10.2 Å². The van der Waals surface area contributed by atoms with Crippen molar-refractivity contribution in [1.29, 1.82) is 0 Å². The third-order valence-corrected chi connectivity index (χ3v) is 2.38. The van der Waals surface area contributed by atoms with Crippen molar-refractivity contribution in [2.75, 3.05) is 5.75 Å². The number of hydrogen-bond acceptors (Lipinski definition) is 5. The van der Waals surface area contributed by atoms with Crippen LogP contribution in [0.1, 0.15) is 19.0 Å². The summed E-state index contributed by atoms with van der Waals surface area (Å²) in [5.41, 5.74) is 4.91. The van der Waals surface area contributed by atoms with Gasteiger partial charge in [0.25, 0.3) is 5.56 Å². The molecule has 0 aromatic carbocycles. The number of nitrogens with zero attached hydrogens (tertiary/aromatic N) is 2. The smallest absolute Gasteiger partial charge is 0.273 e. The minimum absolute atomic E-state index is 0.109. The van der Waals surface area contributed by atoms with Gasteiger partial charge in [-0.05, 0) is 5.75 Å². The summed E-state index contributed by atoms with van der Waals surface area (Å²) < 4.78 is 0. The lowest BCUT2D eigenvalue weighted by Crippen LogP contribution is -2.20. The monoisotopic (exact) mass is 228 g/mol. The summed E-state index contributed by atoms with van der Waals surface area (Å²) in [5.74, 6) is 0.355. The van der Waals surface area contributed by atoms with Crippen LogP contribution in [-0.4, -0.2) is 26.8 Å². The van der Waals surface area contributed by atoms with E-state index < -0.39 is 5.91 Å². The Labute approximate surface area is 90.7 Å². The molecule has 1 aromatic rings. The molecule has 0 bridgehead atoms. The number of nitrogens with two attached hydrogens (primary N) is 1. The fourth-order valence-corrected chi connectivity index (χ4v) is 1.49. The van der Waals surface area contributed by atoms with Crippen LogP contribution in [0.2, 0.25) is 0 Å². The van der Waals surface area contributed by atoms with Gasteiger partial charge in [-0.25, -0.2) is 0 Å². The number of aromatic amines is 1. The van der Waals surface area contributed by atoms with Crippen LogP contribution in [0.15, 0.2) is 9.95 Å². The van der Waals surface area contributed by atoms with Crippen LogP contribution in [0.4, 0.5) is 0 Å². The topological polar surface area (TPSA) is 102 Å². The average Bonchev–Trinajstić information content (AvgIpc) is 2.17. The van der Waals surface area contributed by atoms with E-state index in [2.05, 4.69) is 15.2 Å². The third kappa shape index (κ3) is 3.70. The zero-order valence-electron chi connectivity index (χ0n) is 8.32. The van der Waals surface area contributed by atoms with Crippen molar-refractivity contribution in [3.63, 3.8) is 0 Å². The highest BCUT2D eigenvalue weighted by Crippen LogP contribution is 2.07. The van der Waals surface area contributed by atoms with Gasteiger partial charge in [-0.2, -0.15) is 0 Å². The molecule has 0 radical (unpaired) electrons. The lowest BCUT2D eigenvalue weighted by Gasteiger charge is -1.98. The second-order valence-electron chi connectivity index (χ2n) is 2.81. The zero-order valence-corrected chi connectivity index (χ0v) is 9.13. The normalized spacial score (nSPS) is 10.2. The molecule has 0 atom stereocenters. The van der Waals surface area contributed by atoms with E-state index in [9.17, 15) is 9.59 Å². The SMILES string of the molecule is CCSc1nnc(CCC(N)=O)c(=O)[nH]1. The molecule has 0 aliphatic heterocycles. The Bertz CT molecular complexity index is 404. The molecule has 6 nitrogen and oxygen atoms in total.